The number of anilines is 1. The van der Waals surface area contributed by atoms with Crippen molar-refractivity contribution in [1.82, 2.24) is 10.6 Å². The second-order valence-corrected chi connectivity index (χ2v) is 6.78. The molecule has 2 amide bonds. The predicted octanol–water partition coefficient (Wildman–Crippen LogP) is 2.24. The lowest BCUT2D eigenvalue weighted by atomic mass is 10.2. The third kappa shape index (κ3) is 5.01. The van der Waals surface area contributed by atoms with Gasteiger partial charge in [0.2, 0.25) is 0 Å². The van der Waals surface area contributed by atoms with Crippen LogP contribution < -0.4 is 20.3 Å². The van der Waals surface area contributed by atoms with E-state index < -0.39 is 11.9 Å². The van der Waals surface area contributed by atoms with E-state index in [2.05, 4.69) is 10.6 Å². The third-order valence-electron chi connectivity index (χ3n) is 4.59. The Balaban J connectivity index is 1.59. The molecule has 150 valence electrons. The van der Waals surface area contributed by atoms with Gasteiger partial charge in [-0.2, -0.15) is 0 Å². The minimum absolute atomic E-state index is 0.00810. The van der Waals surface area contributed by atoms with Crippen LogP contribution in [0.4, 0.5) is 5.69 Å². The largest absolute Gasteiger partial charge is 0.489 e. The van der Waals surface area contributed by atoms with Crippen LogP contribution in [0.3, 0.4) is 0 Å². The molecule has 7 heteroatoms. The first kappa shape index (κ1) is 20.1. The summed E-state index contributed by atoms with van der Waals surface area (Å²) in [5.74, 6) is -0.345. The minimum atomic E-state index is -0.869. The van der Waals surface area contributed by atoms with Crippen LogP contribution in [-0.2, 0) is 16.1 Å². The summed E-state index contributed by atoms with van der Waals surface area (Å²) >= 11 is 0. The first-order chi connectivity index (χ1) is 14.0. The monoisotopic (exact) mass is 392 g/mol. The van der Waals surface area contributed by atoms with Gasteiger partial charge in [0.1, 0.15) is 24.1 Å². The second-order valence-electron chi connectivity index (χ2n) is 6.78. The zero-order valence-corrected chi connectivity index (χ0v) is 16.4. The average molecular weight is 392 g/mol. The van der Waals surface area contributed by atoms with Gasteiger partial charge in [-0.05, 0) is 30.7 Å². The highest BCUT2D eigenvalue weighted by Gasteiger charge is 2.30. The highest BCUT2D eigenvalue weighted by atomic mass is 16.5. The van der Waals surface area contributed by atoms with Crippen molar-refractivity contribution in [2.45, 2.75) is 19.5 Å². The van der Waals surface area contributed by atoms with Crippen LogP contribution in [0.5, 0.6) is 5.75 Å². The lowest BCUT2D eigenvalue weighted by Gasteiger charge is -2.20. The SMILES string of the molecule is C/C(=C/C(=N)C(=O)N[C@H]1COc2ccccc2N(C)C1=O)NCc1ccccc1. The van der Waals surface area contributed by atoms with Gasteiger partial charge in [-0.3, -0.25) is 15.0 Å². The first-order valence-electron chi connectivity index (χ1n) is 9.30. The van der Waals surface area contributed by atoms with Crippen molar-refractivity contribution in [3.63, 3.8) is 0 Å². The number of amides is 2. The van der Waals surface area contributed by atoms with Crippen LogP contribution in [0.25, 0.3) is 0 Å². The number of carbonyl (C=O) groups is 2. The number of carbonyl (C=O) groups excluding carboxylic acids is 2. The lowest BCUT2D eigenvalue weighted by molar-refractivity contribution is -0.124. The van der Waals surface area contributed by atoms with E-state index in [4.69, 9.17) is 10.1 Å². The van der Waals surface area contributed by atoms with Crippen molar-refractivity contribution in [3.05, 3.63) is 71.9 Å². The number of hydrogen-bond acceptors (Lipinski definition) is 5. The van der Waals surface area contributed by atoms with E-state index in [0.717, 1.165) is 5.56 Å². The fraction of sp³-hybridized carbons (Fsp3) is 0.227. The smallest absolute Gasteiger partial charge is 0.269 e. The molecule has 0 radical (unpaired) electrons. The molecule has 0 bridgehead atoms. The zero-order chi connectivity index (χ0) is 20.8. The summed E-state index contributed by atoms with van der Waals surface area (Å²) in [6, 6.07) is 16.2. The molecule has 1 aliphatic heterocycles. The number of benzene rings is 2. The molecular weight excluding hydrogens is 368 g/mol. The topological polar surface area (TPSA) is 94.5 Å². The Bertz CT molecular complexity index is 940. The Morgan fingerprint density at radius 2 is 1.90 bits per heavy atom. The van der Waals surface area contributed by atoms with E-state index in [1.807, 2.05) is 42.5 Å². The zero-order valence-electron chi connectivity index (χ0n) is 16.4. The van der Waals surface area contributed by atoms with Gasteiger partial charge >= 0.3 is 0 Å². The van der Waals surface area contributed by atoms with Crippen molar-refractivity contribution in [2.24, 2.45) is 0 Å². The standard InChI is InChI=1S/C22H24N4O3/c1-15(24-13-16-8-4-3-5-9-16)12-17(23)21(27)25-18-14-29-20-11-7-6-10-19(20)26(2)22(18)28/h3-12,18,23-24H,13-14H2,1-2H3,(H,25,27)/b15-12-,23-17?/t18-/m0/s1. The number of rotatable bonds is 6. The molecule has 3 N–H and O–H groups in total. The molecule has 29 heavy (non-hydrogen) atoms. The van der Waals surface area contributed by atoms with Gasteiger partial charge in [0.25, 0.3) is 11.8 Å². The highest BCUT2D eigenvalue weighted by molar-refractivity contribution is 6.42. The van der Waals surface area contributed by atoms with Crippen LogP contribution in [0.1, 0.15) is 12.5 Å². The van der Waals surface area contributed by atoms with Gasteiger partial charge in [-0.25, -0.2) is 0 Å². The highest BCUT2D eigenvalue weighted by Crippen LogP contribution is 2.29. The summed E-state index contributed by atoms with van der Waals surface area (Å²) in [6.45, 7) is 2.39. The number of likely N-dealkylation sites (N-methyl/N-ethyl adjacent to an activating group) is 1. The summed E-state index contributed by atoms with van der Waals surface area (Å²) in [5, 5.41) is 13.8. The third-order valence-corrected chi connectivity index (χ3v) is 4.59. The molecule has 0 saturated carbocycles. The fourth-order valence-corrected chi connectivity index (χ4v) is 2.96. The second kappa shape index (κ2) is 9.05. The molecule has 2 aromatic carbocycles. The van der Waals surface area contributed by atoms with Crippen molar-refractivity contribution >= 4 is 23.2 Å². The van der Waals surface area contributed by atoms with Gasteiger partial charge in [0, 0.05) is 19.3 Å². The molecule has 7 nitrogen and oxygen atoms in total. The molecule has 1 atom stereocenters. The Kier molecular flexibility index (Phi) is 6.29. The van der Waals surface area contributed by atoms with E-state index in [1.54, 1.807) is 26.1 Å². The quantitative estimate of drug-likeness (QED) is 0.657. The number of ether oxygens (including phenoxy) is 1. The van der Waals surface area contributed by atoms with Crippen LogP contribution in [0.15, 0.2) is 66.4 Å². The lowest BCUT2D eigenvalue weighted by Crippen LogP contribution is -2.50. The van der Waals surface area contributed by atoms with Gasteiger partial charge in [-0.1, -0.05) is 42.5 Å². The normalized spacial score (nSPS) is 16.3. The number of fused-ring (bicyclic) bond motifs is 1. The van der Waals surface area contributed by atoms with Gasteiger partial charge in [0.05, 0.1) is 5.69 Å². The number of hydrogen-bond donors (Lipinski definition) is 3. The Morgan fingerprint density at radius 3 is 2.66 bits per heavy atom. The van der Waals surface area contributed by atoms with E-state index in [0.29, 0.717) is 23.7 Å². The molecule has 1 aliphatic rings. The van der Waals surface area contributed by atoms with Crippen LogP contribution >= 0.6 is 0 Å². The summed E-state index contributed by atoms with van der Waals surface area (Å²) < 4.78 is 5.68. The van der Waals surface area contributed by atoms with Gasteiger partial charge < -0.3 is 20.3 Å². The first-order valence-corrected chi connectivity index (χ1v) is 9.30. The number of nitrogens with zero attached hydrogens (tertiary/aromatic N) is 1. The van der Waals surface area contributed by atoms with Crippen molar-refractivity contribution in [2.75, 3.05) is 18.6 Å². The van der Waals surface area contributed by atoms with E-state index in [9.17, 15) is 9.59 Å². The molecule has 0 spiro atoms. The van der Waals surface area contributed by atoms with Crippen molar-refractivity contribution in [1.29, 1.82) is 5.41 Å². The summed E-state index contributed by atoms with van der Waals surface area (Å²) in [7, 11) is 1.64. The van der Waals surface area contributed by atoms with Gasteiger partial charge in [0.15, 0.2) is 0 Å². The Morgan fingerprint density at radius 1 is 1.21 bits per heavy atom. The van der Waals surface area contributed by atoms with Crippen molar-refractivity contribution in [3.8, 4) is 5.75 Å². The molecule has 2 aromatic rings. The maximum atomic E-state index is 12.7. The van der Waals surface area contributed by atoms with E-state index >= 15 is 0 Å². The summed E-state index contributed by atoms with van der Waals surface area (Å²) in [5.41, 5.74) is 2.19. The van der Waals surface area contributed by atoms with Gasteiger partial charge in [-0.15, -0.1) is 0 Å². The molecule has 0 aromatic heterocycles. The number of nitrogens with one attached hydrogen (secondary N) is 3. The molecule has 0 unspecified atom stereocenters. The molecule has 0 fully saturated rings. The maximum absolute atomic E-state index is 12.7. The van der Waals surface area contributed by atoms with Crippen LogP contribution in [0, 0.1) is 5.41 Å². The summed E-state index contributed by atoms with van der Waals surface area (Å²) in [4.78, 5) is 26.6. The Hall–Kier alpha value is -3.61. The van der Waals surface area contributed by atoms with Crippen LogP contribution in [-0.4, -0.2) is 37.2 Å². The van der Waals surface area contributed by atoms with E-state index in [-0.39, 0.29) is 18.2 Å². The molecule has 1 heterocycles. The minimum Gasteiger partial charge on any atom is -0.489 e. The average Bonchev–Trinajstić information content (AvgIpc) is 2.85. The summed E-state index contributed by atoms with van der Waals surface area (Å²) in [6.07, 6.45) is 1.44. The molecule has 3 rings (SSSR count). The molecule has 0 aliphatic carbocycles. The molecule has 0 saturated heterocycles. The fourth-order valence-electron chi connectivity index (χ4n) is 2.96. The van der Waals surface area contributed by atoms with Crippen LogP contribution in [0.2, 0.25) is 0 Å². The predicted molar refractivity (Wildman–Crippen MR) is 112 cm³/mol. The van der Waals surface area contributed by atoms with E-state index in [1.165, 1.54) is 11.0 Å². The number of allylic oxidation sites excluding steroid dienone is 1. The molecular formula is C22H24N4O3. The Labute approximate surface area is 169 Å². The van der Waals surface area contributed by atoms with Crippen molar-refractivity contribution < 1.29 is 14.3 Å². The number of para-hydroxylation sites is 2. The maximum Gasteiger partial charge on any atom is 0.269 e.